The van der Waals surface area contributed by atoms with Crippen molar-refractivity contribution in [3.8, 4) is 23.0 Å². The van der Waals surface area contributed by atoms with Crippen LogP contribution in [0.3, 0.4) is 0 Å². The molecule has 2 unspecified atom stereocenters. The van der Waals surface area contributed by atoms with Gasteiger partial charge < -0.3 is 30.4 Å². The third-order valence-electron chi connectivity index (χ3n) is 5.39. The predicted octanol–water partition coefficient (Wildman–Crippen LogP) is 6.32. The molecule has 6 nitrogen and oxygen atoms in total. The molecule has 0 fully saturated rings. The highest BCUT2D eigenvalue weighted by Crippen LogP contribution is 2.24. The van der Waals surface area contributed by atoms with Crippen molar-refractivity contribution < 1.29 is 18.9 Å². The molecule has 0 aliphatic carbocycles. The smallest absolute Gasteiger partial charge is 0.119 e. The van der Waals surface area contributed by atoms with Crippen LogP contribution in [0, 0.1) is 0 Å². The van der Waals surface area contributed by atoms with Gasteiger partial charge in [0, 0.05) is 23.6 Å². The fourth-order valence-corrected chi connectivity index (χ4v) is 5.93. The first kappa shape index (κ1) is 30.5. The van der Waals surface area contributed by atoms with Crippen LogP contribution in [-0.4, -0.2) is 50.0 Å². The van der Waals surface area contributed by atoms with E-state index in [4.69, 9.17) is 30.4 Å². The zero-order valence-corrected chi connectivity index (χ0v) is 23.5. The van der Waals surface area contributed by atoms with Crippen LogP contribution in [0.2, 0.25) is 0 Å². The van der Waals surface area contributed by atoms with Crippen LogP contribution in [0.25, 0.3) is 0 Å². The number of hydrogen-bond donors (Lipinski definition) is 2. The van der Waals surface area contributed by atoms with Crippen molar-refractivity contribution in [2.75, 3.05) is 37.9 Å². The van der Waals surface area contributed by atoms with Crippen molar-refractivity contribution >= 4 is 21.6 Å². The first-order valence-corrected chi connectivity index (χ1v) is 15.6. The summed E-state index contributed by atoms with van der Waals surface area (Å²) in [6.45, 7) is 6.73. The van der Waals surface area contributed by atoms with Crippen LogP contribution in [0.5, 0.6) is 23.0 Å². The van der Waals surface area contributed by atoms with Gasteiger partial charge in [-0.25, -0.2) is 0 Å². The Kier molecular flexibility index (Phi) is 16.4. The molecule has 8 heteroatoms. The molecule has 36 heavy (non-hydrogen) atoms. The fraction of sp³-hybridized carbons (Fsp3) is 0.571. The van der Waals surface area contributed by atoms with Gasteiger partial charge in [-0.1, -0.05) is 21.6 Å². The van der Waals surface area contributed by atoms with Gasteiger partial charge in [0.2, 0.25) is 0 Å². The second kappa shape index (κ2) is 19.4. The van der Waals surface area contributed by atoms with Gasteiger partial charge in [0.15, 0.2) is 0 Å². The summed E-state index contributed by atoms with van der Waals surface area (Å²) in [5, 5.41) is 0. The van der Waals surface area contributed by atoms with Crippen LogP contribution in [0.4, 0.5) is 0 Å². The molecular formula is C28H44N2O4S2. The minimum Gasteiger partial charge on any atom is -0.494 e. The molecule has 0 bridgehead atoms. The molecule has 2 aromatic carbocycles. The second-order valence-corrected chi connectivity index (χ2v) is 11.1. The van der Waals surface area contributed by atoms with Crippen molar-refractivity contribution in [2.45, 2.75) is 64.5 Å². The van der Waals surface area contributed by atoms with Gasteiger partial charge in [0.1, 0.15) is 23.0 Å². The second-order valence-electron chi connectivity index (χ2n) is 8.59. The zero-order chi connectivity index (χ0) is 25.8. The maximum atomic E-state index is 6.27. The van der Waals surface area contributed by atoms with Gasteiger partial charge in [-0.05, 0) is 101 Å². The summed E-state index contributed by atoms with van der Waals surface area (Å²) < 4.78 is 22.5. The molecule has 0 aliphatic rings. The maximum absolute atomic E-state index is 6.27. The van der Waals surface area contributed by atoms with E-state index in [1.165, 1.54) is 0 Å². The van der Waals surface area contributed by atoms with E-state index in [9.17, 15) is 0 Å². The van der Waals surface area contributed by atoms with Gasteiger partial charge in [-0.2, -0.15) is 0 Å². The Hall–Kier alpha value is -1.74. The van der Waals surface area contributed by atoms with E-state index in [-0.39, 0.29) is 12.1 Å². The fourth-order valence-electron chi connectivity index (χ4n) is 3.43. The predicted molar refractivity (Wildman–Crippen MR) is 155 cm³/mol. The van der Waals surface area contributed by atoms with Crippen LogP contribution in [-0.2, 0) is 0 Å². The molecule has 2 rings (SSSR count). The number of ether oxygens (including phenoxy) is 4. The molecule has 2 atom stereocenters. The lowest BCUT2D eigenvalue weighted by atomic mass is 10.1. The van der Waals surface area contributed by atoms with E-state index < -0.39 is 0 Å². The summed E-state index contributed by atoms with van der Waals surface area (Å²) in [4.78, 5) is 0. The van der Waals surface area contributed by atoms with E-state index >= 15 is 0 Å². The Labute approximate surface area is 225 Å². The maximum Gasteiger partial charge on any atom is 0.119 e. The Balaban J connectivity index is 1.39. The van der Waals surface area contributed by atoms with Crippen molar-refractivity contribution in [1.82, 2.24) is 0 Å². The van der Waals surface area contributed by atoms with E-state index in [0.717, 1.165) is 73.0 Å². The summed E-state index contributed by atoms with van der Waals surface area (Å²) >= 11 is 0. The molecule has 0 aromatic heterocycles. The summed E-state index contributed by atoms with van der Waals surface area (Å²) in [5.41, 5.74) is 12.5. The summed E-state index contributed by atoms with van der Waals surface area (Å²) in [6, 6.07) is 16.0. The standard InChI is InChI=1S/C28H44N2O4S2/c1-3-31-25-11-15-27(16-12-25)33-19-7-5-9-23(29)21-35-36-22-24(30)10-6-8-20-34-28-17-13-26(14-18-28)32-4-2/h11-18,23-24H,3-10,19-22,29-30H2,1-2H3. The molecular weight excluding hydrogens is 492 g/mol. The zero-order valence-electron chi connectivity index (χ0n) is 21.9. The molecule has 4 N–H and O–H groups in total. The van der Waals surface area contributed by atoms with Gasteiger partial charge >= 0.3 is 0 Å². The monoisotopic (exact) mass is 536 g/mol. The Bertz CT molecular complexity index is 726. The lowest BCUT2D eigenvalue weighted by Gasteiger charge is -2.13. The van der Waals surface area contributed by atoms with Crippen LogP contribution >= 0.6 is 21.6 Å². The topological polar surface area (TPSA) is 89.0 Å². The first-order valence-electron chi connectivity index (χ1n) is 13.1. The van der Waals surface area contributed by atoms with Gasteiger partial charge in [-0.3, -0.25) is 0 Å². The number of benzene rings is 2. The molecule has 202 valence electrons. The number of nitrogens with two attached hydrogens (primary N) is 2. The lowest BCUT2D eigenvalue weighted by Crippen LogP contribution is -2.24. The highest BCUT2D eigenvalue weighted by atomic mass is 33.1. The highest BCUT2D eigenvalue weighted by Gasteiger charge is 2.07. The summed E-state index contributed by atoms with van der Waals surface area (Å²) in [6.07, 6.45) is 6.18. The Morgan fingerprint density at radius 1 is 0.556 bits per heavy atom. The molecule has 0 saturated carbocycles. The summed E-state index contributed by atoms with van der Waals surface area (Å²) in [5.74, 6) is 5.41. The molecule has 2 aromatic rings. The SMILES string of the molecule is CCOc1ccc(OCCCCC(N)CSSCC(N)CCCCOc2ccc(OCC)cc2)cc1. The largest absolute Gasteiger partial charge is 0.494 e. The number of unbranched alkanes of at least 4 members (excludes halogenated alkanes) is 2. The minimum absolute atomic E-state index is 0.212. The van der Waals surface area contributed by atoms with Crippen LogP contribution in [0.1, 0.15) is 52.4 Å². The normalized spacial score (nSPS) is 12.7. The van der Waals surface area contributed by atoms with Crippen LogP contribution in [0.15, 0.2) is 48.5 Å². The quantitative estimate of drug-likeness (QED) is 0.142. The van der Waals surface area contributed by atoms with Crippen molar-refractivity contribution in [3.63, 3.8) is 0 Å². The third-order valence-corrected chi connectivity index (χ3v) is 8.00. The van der Waals surface area contributed by atoms with E-state index in [1.54, 1.807) is 0 Å². The number of hydrogen-bond acceptors (Lipinski definition) is 8. The minimum atomic E-state index is 0.212. The Morgan fingerprint density at radius 2 is 0.889 bits per heavy atom. The average molecular weight is 537 g/mol. The lowest BCUT2D eigenvalue weighted by molar-refractivity contribution is 0.302. The molecule has 0 amide bonds. The van der Waals surface area contributed by atoms with Crippen molar-refractivity contribution in [3.05, 3.63) is 48.5 Å². The van der Waals surface area contributed by atoms with Crippen molar-refractivity contribution in [1.29, 1.82) is 0 Å². The first-order chi connectivity index (χ1) is 17.6. The van der Waals surface area contributed by atoms with Crippen LogP contribution < -0.4 is 30.4 Å². The average Bonchev–Trinajstić information content (AvgIpc) is 2.88. The number of rotatable bonds is 21. The highest BCUT2D eigenvalue weighted by molar-refractivity contribution is 8.76. The van der Waals surface area contributed by atoms with Gasteiger partial charge in [0.25, 0.3) is 0 Å². The van der Waals surface area contributed by atoms with E-state index in [1.807, 2.05) is 84.0 Å². The molecule has 0 saturated heterocycles. The molecule has 0 heterocycles. The Morgan fingerprint density at radius 3 is 1.22 bits per heavy atom. The molecule has 0 aliphatic heterocycles. The van der Waals surface area contributed by atoms with Gasteiger partial charge in [0.05, 0.1) is 26.4 Å². The van der Waals surface area contributed by atoms with Gasteiger partial charge in [-0.15, -0.1) is 0 Å². The molecule has 0 radical (unpaired) electrons. The van der Waals surface area contributed by atoms with E-state index in [0.29, 0.717) is 26.4 Å². The third kappa shape index (κ3) is 14.1. The summed E-state index contributed by atoms with van der Waals surface area (Å²) in [7, 11) is 3.67. The van der Waals surface area contributed by atoms with E-state index in [2.05, 4.69) is 0 Å². The molecule has 0 spiro atoms. The van der Waals surface area contributed by atoms with Crippen molar-refractivity contribution in [2.24, 2.45) is 11.5 Å².